The summed E-state index contributed by atoms with van der Waals surface area (Å²) in [6.07, 6.45) is 8.19. The summed E-state index contributed by atoms with van der Waals surface area (Å²) in [6.45, 7) is 5.36. The third-order valence-electron chi connectivity index (χ3n) is 5.08. The lowest BCUT2D eigenvalue weighted by atomic mass is 9.40. The van der Waals surface area contributed by atoms with Crippen molar-refractivity contribution in [1.29, 1.82) is 0 Å². The van der Waals surface area contributed by atoms with Gasteiger partial charge < -0.3 is 5.11 Å². The van der Waals surface area contributed by atoms with E-state index in [1.54, 1.807) is 0 Å². The van der Waals surface area contributed by atoms with Gasteiger partial charge in [0, 0.05) is 6.61 Å². The Kier molecular flexibility index (Phi) is 1.56. The molecule has 1 N–H and O–H groups in total. The molecule has 0 aliphatic heterocycles. The molecule has 0 aromatic heterocycles. The fourth-order valence-electron chi connectivity index (χ4n) is 5.86. The van der Waals surface area contributed by atoms with E-state index in [9.17, 15) is 5.11 Å². The Hall–Kier alpha value is -0.0400. The zero-order valence-corrected chi connectivity index (χ0v) is 9.47. The van der Waals surface area contributed by atoms with Crippen LogP contribution < -0.4 is 0 Å². The summed E-state index contributed by atoms with van der Waals surface area (Å²) in [5.74, 6) is 0.924. The predicted molar refractivity (Wildman–Crippen MR) is 56.9 cm³/mol. The number of hydrogen-bond donors (Lipinski definition) is 1. The minimum atomic E-state index is 0.322. The standard InChI is InChI=1S/C13H22O/c1-11-3-10-4-12(2,6-11)8-13(5-10,7-11)9-14/h10,14H,3-9H2,1-2H3/t10?,11-,12-,13?/m1/s1. The van der Waals surface area contributed by atoms with Gasteiger partial charge in [0.05, 0.1) is 0 Å². The van der Waals surface area contributed by atoms with Gasteiger partial charge in [-0.3, -0.25) is 0 Å². The fourth-order valence-corrected chi connectivity index (χ4v) is 5.86. The fraction of sp³-hybridized carbons (Fsp3) is 1.00. The van der Waals surface area contributed by atoms with Crippen molar-refractivity contribution < 1.29 is 5.11 Å². The molecule has 0 saturated heterocycles. The first-order chi connectivity index (χ1) is 6.47. The van der Waals surface area contributed by atoms with E-state index in [1.165, 1.54) is 38.5 Å². The van der Waals surface area contributed by atoms with E-state index in [0.29, 0.717) is 22.9 Å². The third-order valence-corrected chi connectivity index (χ3v) is 5.08. The van der Waals surface area contributed by atoms with Crippen LogP contribution in [0.15, 0.2) is 0 Å². The van der Waals surface area contributed by atoms with E-state index in [2.05, 4.69) is 13.8 Å². The van der Waals surface area contributed by atoms with Crippen molar-refractivity contribution in [1.82, 2.24) is 0 Å². The minimum Gasteiger partial charge on any atom is -0.396 e. The second kappa shape index (κ2) is 2.37. The first kappa shape index (κ1) is 9.21. The number of rotatable bonds is 1. The van der Waals surface area contributed by atoms with Crippen molar-refractivity contribution in [3.05, 3.63) is 0 Å². The smallest absolute Gasteiger partial charge is 0.0487 e. The first-order valence-electron chi connectivity index (χ1n) is 6.08. The highest BCUT2D eigenvalue weighted by atomic mass is 16.3. The second-order valence-corrected chi connectivity index (χ2v) is 7.29. The van der Waals surface area contributed by atoms with Crippen LogP contribution in [0.2, 0.25) is 0 Å². The molecule has 0 heterocycles. The molecule has 0 aromatic rings. The van der Waals surface area contributed by atoms with Gasteiger partial charge >= 0.3 is 0 Å². The van der Waals surface area contributed by atoms with Crippen LogP contribution in [0.25, 0.3) is 0 Å². The van der Waals surface area contributed by atoms with Gasteiger partial charge in [-0.15, -0.1) is 0 Å². The van der Waals surface area contributed by atoms with Gasteiger partial charge in [-0.1, -0.05) is 13.8 Å². The van der Waals surface area contributed by atoms with Crippen molar-refractivity contribution in [2.24, 2.45) is 22.2 Å². The summed E-state index contributed by atoms with van der Waals surface area (Å²) in [4.78, 5) is 0. The summed E-state index contributed by atoms with van der Waals surface area (Å²) in [5, 5.41) is 9.66. The van der Waals surface area contributed by atoms with E-state index in [1.807, 2.05) is 0 Å². The van der Waals surface area contributed by atoms with E-state index < -0.39 is 0 Å². The topological polar surface area (TPSA) is 20.2 Å². The summed E-state index contributed by atoms with van der Waals surface area (Å²) in [6, 6.07) is 0. The average Bonchev–Trinajstić information content (AvgIpc) is 1.97. The van der Waals surface area contributed by atoms with E-state index >= 15 is 0 Å². The van der Waals surface area contributed by atoms with Crippen LogP contribution in [-0.2, 0) is 0 Å². The van der Waals surface area contributed by atoms with E-state index in [-0.39, 0.29) is 0 Å². The predicted octanol–water partition coefficient (Wildman–Crippen LogP) is 2.98. The Morgan fingerprint density at radius 3 is 2.00 bits per heavy atom. The summed E-state index contributed by atoms with van der Waals surface area (Å²) >= 11 is 0. The maximum atomic E-state index is 9.66. The summed E-state index contributed by atoms with van der Waals surface area (Å²) < 4.78 is 0. The molecule has 4 rings (SSSR count). The highest BCUT2D eigenvalue weighted by Gasteiger charge is 2.59. The second-order valence-electron chi connectivity index (χ2n) is 7.29. The van der Waals surface area contributed by atoms with Crippen molar-refractivity contribution >= 4 is 0 Å². The molecule has 0 unspecified atom stereocenters. The molecule has 14 heavy (non-hydrogen) atoms. The van der Waals surface area contributed by atoms with Crippen LogP contribution in [0.3, 0.4) is 0 Å². The molecular weight excluding hydrogens is 172 g/mol. The molecule has 0 radical (unpaired) electrons. The maximum Gasteiger partial charge on any atom is 0.0487 e. The molecule has 0 spiro atoms. The lowest BCUT2D eigenvalue weighted by Crippen LogP contribution is -2.56. The monoisotopic (exact) mass is 194 g/mol. The molecule has 2 atom stereocenters. The molecule has 0 aromatic carbocycles. The van der Waals surface area contributed by atoms with Gasteiger partial charge in [0.25, 0.3) is 0 Å². The van der Waals surface area contributed by atoms with E-state index in [4.69, 9.17) is 0 Å². The highest BCUT2D eigenvalue weighted by Crippen LogP contribution is 2.69. The highest BCUT2D eigenvalue weighted by molar-refractivity contribution is 5.10. The summed E-state index contributed by atoms with van der Waals surface area (Å²) in [5.41, 5.74) is 1.46. The van der Waals surface area contributed by atoms with Crippen LogP contribution in [0.1, 0.15) is 52.4 Å². The molecule has 4 aliphatic rings. The van der Waals surface area contributed by atoms with Crippen molar-refractivity contribution in [2.75, 3.05) is 6.61 Å². The van der Waals surface area contributed by atoms with Gasteiger partial charge in [-0.2, -0.15) is 0 Å². The molecule has 80 valence electrons. The maximum absolute atomic E-state index is 9.66. The van der Waals surface area contributed by atoms with Gasteiger partial charge in [0.2, 0.25) is 0 Å². The molecule has 4 bridgehead atoms. The quantitative estimate of drug-likeness (QED) is 0.680. The number of hydrogen-bond acceptors (Lipinski definition) is 1. The molecule has 4 aliphatic carbocycles. The zero-order valence-electron chi connectivity index (χ0n) is 9.47. The SMILES string of the molecule is C[C@]12CC3CC(CO)(C1)C[C@](C)(C3)C2. The Morgan fingerprint density at radius 2 is 1.57 bits per heavy atom. The molecular formula is C13H22O. The Morgan fingerprint density at radius 1 is 1.00 bits per heavy atom. The summed E-state index contributed by atoms with van der Waals surface area (Å²) in [7, 11) is 0. The number of aliphatic hydroxyl groups is 1. The van der Waals surface area contributed by atoms with E-state index in [0.717, 1.165) is 5.92 Å². The van der Waals surface area contributed by atoms with Crippen molar-refractivity contribution in [3.63, 3.8) is 0 Å². The molecule has 4 fully saturated rings. The van der Waals surface area contributed by atoms with Gasteiger partial charge in [-0.25, -0.2) is 0 Å². The average molecular weight is 194 g/mol. The molecule has 4 saturated carbocycles. The van der Waals surface area contributed by atoms with Crippen LogP contribution in [-0.4, -0.2) is 11.7 Å². The zero-order chi connectivity index (χ0) is 10.0. The van der Waals surface area contributed by atoms with Crippen LogP contribution in [0.5, 0.6) is 0 Å². The van der Waals surface area contributed by atoms with Gasteiger partial charge in [0.1, 0.15) is 0 Å². The minimum absolute atomic E-state index is 0.322. The van der Waals surface area contributed by atoms with Crippen LogP contribution in [0, 0.1) is 22.2 Å². The molecule has 1 nitrogen and oxygen atoms in total. The van der Waals surface area contributed by atoms with Crippen LogP contribution in [0.4, 0.5) is 0 Å². The Labute approximate surface area is 86.9 Å². The van der Waals surface area contributed by atoms with Gasteiger partial charge in [-0.05, 0) is 60.7 Å². The molecule has 0 amide bonds. The Bertz CT molecular complexity index is 252. The van der Waals surface area contributed by atoms with Gasteiger partial charge in [0.15, 0.2) is 0 Å². The molecule has 1 heteroatoms. The number of aliphatic hydroxyl groups excluding tert-OH is 1. The first-order valence-corrected chi connectivity index (χ1v) is 6.08. The van der Waals surface area contributed by atoms with Crippen molar-refractivity contribution in [2.45, 2.75) is 52.4 Å². The van der Waals surface area contributed by atoms with Crippen LogP contribution >= 0.6 is 0 Å². The normalized spacial score (nSPS) is 60.6. The third kappa shape index (κ3) is 1.11. The lowest BCUT2D eigenvalue weighted by Gasteiger charge is -2.65. The lowest BCUT2D eigenvalue weighted by molar-refractivity contribution is -0.159. The largest absolute Gasteiger partial charge is 0.396 e. The van der Waals surface area contributed by atoms with Crippen molar-refractivity contribution in [3.8, 4) is 0 Å². The Balaban J connectivity index is 2.01.